The van der Waals surface area contributed by atoms with E-state index in [0.717, 1.165) is 22.3 Å². The summed E-state index contributed by atoms with van der Waals surface area (Å²) in [7, 11) is 0. The smallest absolute Gasteiger partial charge is 0.107 e. The van der Waals surface area contributed by atoms with E-state index in [4.69, 9.17) is 11.6 Å². The summed E-state index contributed by atoms with van der Waals surface area (Å²) in [5.74, 6) is 0. The first-order valence-electron chi connectivity index (χ1n) is 6.60. The van der Waals surface area contributed by atoms with Crippen molar-refractivity contribution in [1.29, 1.82) is 0 Å². The van der Waals surface area contributed by atoms with E-state index in [1.54, 1.807) is 11.3 Å². The minimum Gasteiger partial charge on any atom is -0.301 e. The van der Waals surface area contributed by atoms with Crippen LogP contribution in [0.3, 0.4) is 0 Å². The Morgan fingerprint density at radius 1 is 1.32 bits per heavy atom. The van der Waals surface area contributed by atoms with Gasteiger partial charge in [0.25, 0.3) is 0 Å². The van der Waals surface area contributed by atoms with Crippen LogP contribution in [0.2, 0.25) is 5.02 Å². The van der Waals surface area contributed by atoms with E-state index in [9.17, 15) is 0 Å². The van der Waals surface area contributed by atoms with Crippen LogP contribution < -0.4 is 5.32 Å². The average Bonchev–Trinajstić information content (AvgIpc) is 2.76. The molecule has 2 aromatic rings. The number of hydrogen-bond donors (Lipinski definition) is 1. The lowest BCUT2D eigenvalue weighted by atomic mass is 9.72. The molecule has 1 heterocycles. The molecule has 1 aliphatic carbocycles. The van der Waals surface area contributed by atoms with Crippen molar-refractivity contribution in [1.82, 2.24) is 10.3 Å². The van der Waals surface area contributed by atoms with Gasteiger partial charge in [-0.3, -0.25) is 0 Å². The third-order valence-electron chi connectivity index (χ3n) is 3.85. The van der Waals surface area contributed by atoms with Crippen LogP contribution in [0.5, 0.6) is 0 Å². The monoisotopic (exact) mass is 292 g/mol. The van der Waals surface area contributed by atoms with Crippen molar-refractivity contribution >= 4 is 22.9 Å². The zero-order valence-electron chi connectivity index (χ0n) is 10.9. The third-order valence-corrected chi connectivity index (χ3v) is 5.07. The summed E-state index contributed by atoms with van der Waals surface area (Å²) >= 11 is 7.70. The van der Waals surface area contributed by atoms with E-state index >= 15 is 0 Å². The number of nitrogens with zero attached hydrogens (tertiary/aromatic N) is 1. The van der Waals surface area contributed by atoms with Crippen molar-refractivity contribution in [3.05, 3.63) is 50.9 Å². The molecule has 0 amide bonds. The molecule has 1 N–H and O–H groups in total. The minimum atomic E-state index is 0.129. The molecule has 1 aliphatic rings. The Hall–Kier alpha value is -0.900. The highest BCUT2D eigenvalue weighted by Gasteiger charge is 2.38. The van der Waals surface area contributed by atoms with E-state index in [1.165, 1.54) is 24.8 Å². The Kier molecular flexibility index (Phi) is 3.61. The number of nitrogens with one attached hydrogen (secondary N) is 1. The first-order valence-corrected chi connectivity index (χ1v) is 7.86. The zero-order valence-corrected chi connectivity index (χ0v) is 12.5. The van der Waals surface area contributed by atoms with Crippen LogP contribution >= 0.6 is 22.9 Å². The fourth-order valence-electron chi connectivity index (χ4n) is 2.60. The average molecular weight is 293 g/mol. The maximum Gasteiger partial charge on any atom is 0.107 e. The maximum atomic E-state index is 5.97. The summed E-state index contributed by atoms with van der Waals surface area (Å²) in [6.45, 7) is 2.89. The van der Waals surface area contributed by atoms with Crippen molar-refractivity contribution in [3.63, 3.8) is 0 Å². The Balaban J connectivity index is 1.74. The first kappa shape index (κ1) is 13.1. The molecule has 1 aromatic carbocycles. The van der Waals surface area contributed by atoms with Crippen LogP contribution in [0.4, 0.5) is 0 Å². The van der Waals surface area contributed by atoms with Gasteiger partial charge >= 0.3 is 0 Å². The molecule has 3 rings (SSSR count). The summed E-state index contributed by atoms with van der Waals surface area (Å²) < 4.78 is 0. The molecule has 0 radical (unpaired) electrons. The number of thiazole rings is 1. The van der Waals surface area contributed by atoms with Crippen LogP contribution in [-0.4, -0.2) is 4.98 Å². The molecule has 100 valence electrons. The van der Waals surface area contributed by atoms with Crippen LogP contribution in [-0.2, 0) is 12.1 Å². The lowest BCUT2D eigenvalue weighted by molar-refractivity contribution is 0.183. The van der Waals surface area contributed by atoms with Gasteiger partial charge in [-0.25, -0.2) is 4.98 Å². The fraction of sp³-hybridized carbons (Fsp3) is 0.400. The molecular formula is C15H17ClN2S. The quantitative estimate of drug-likeness (QED) is 0.910. The molecular weight excluding hydrogens is 276 g/mol. The predicted octanol–water partition coefficient (Wildman–Crippen LogP) is 4.27. The van der Waals surface area contributed by atoms with Crippen LogP contribution in [0.15, 0.2) is 29.6 Å². The van der Waals surface area contributed by atoms with Gasteiger partial charge in [-0.05, 0) is 43.9 Å². The highest BCUT2D eigenvalue weighted by Crippen LogP contribution is 2.41. The van der Waals surface area contributed by atoms with Gasteiger partial charge in [-0.15, -0.1) is 11.3 Å². The Labute approximate surface area is 122 Å². The van der Waals surface area contributed by atoms with E-state index in [0.29, 0.717) is 0 Å². The van der Waals surface area contributed by atoms with Crippen molar-refractivity contribution in [2.24, 2.45) is 0 Å². The van der Waals surface area contributed by atoms with Crippen LogP contribution in [0, 0.1) is 6.92 Å². The number of aromatic nitrogens is 1. The minimum absolute atomic E-state index is 0.129. The van der Waals surface area contributed by atoms with Crippen molar-refractivity contribution < 1.29 is 0 Å². The third kappa shape index (κ3) is 2.69. The highest BCUT2D eigenvalue weighted by atomic mass is 35.5. The summed E-state index contributed by atoms with van der Waals surface area (Å²) in [6, 6.07) is 8.24. The standard InChI is InChI=1S/C15H17ClN2S/c1-11-10-19-14(18-11)9-17-15(7-2-8-15)12-3-5-13(16)6-4-12/h3-6,10,17H,2,7-9H2,1H3. The fourth-order valence-corrected chi connectivity index (χ4v) is 3.43. The van der Waals surface area contributed by atoms with E-state index in [2.05, 4.69) is 27.8 Å². The molecule has 1 aromatic heterocycles. The molecule has 1 fully saturated rings. The van der Waals surface area contributed by atoms with E-state index in [-0.39, 0.29) is 5.54 Å². The molecule has 1 saturated carbocycles. The van der Waals surface area contributed by atoms with Gasteiger partial charge in [0.1, 0.15) is 5.01 Å². The molecule has 0 atom stereocenters. The van der Waals surface area contributed by atoms with E-state index < -0.39 is 0 Å². The number of benzene rings is 1. The molecule has 0 aliphatic heterocycles. The maximum absolute atomic E-state index is 5.97. The van der Waals surface area contributed by atoms with Gasteiger partial charge in [0, 0.05) is 28.2 Å². The normalized spacial score (nSPS) is 17.2. The molecule has 4 heteroatoms. The van der Waals surface area contributed by atoms with Gasteiger partial charge in [0.05, 0.1) is 0 Å². The van der Waals surface area contributed by atoms with Gasteiger partial charge in [-0.2, -0.15) is 0 Å². The summed E-state index contributed by atoms with van der Waals surface area (Å²) in [6.07, 6.45) is 3.67. The molecule has 2 nitrogen and oxygen atoms in total. The lowest BCUT2D eigenvalue weighted by Crippen LogP contribution is -2.47. The summed E-state index contributed by atoms with van der Waals surface area (Å²) in [5, 5.41) is 7.77. The van der Waals surface area contributed by atoms with Crippen LogP contribution in [0.1, 0.15) is 35.5 Å². The molecule has 19 heavy (non-hydrogen) atoms. The number of hydrogen-bond acceptors (Lipinski definition) is 3. The Morgan fingerprint density at radius 2 is 2.05 bits per heavy atom. The van der Waals surface area contributed by atoms with E-state index in [1.807, 2.05) is 19.1 Å². The lowest BCUT2D eigenvalue weighted by Gasteiger charge is -2.43. The van der Waals surface area contributed by atoms with Gasteiger partial charge < -0.3 is 5.32 Å². The van der Waals surface area contributed by atoms with Crippen molar-refractivity contribution in [2.75, 3.05) is 0 Å². The van der Waals surface area contributed by atoms with Crippen LogP contribution in [0.25, 0.3) is 0 Å². The van der Waals surface area contributed by atoms with Gasteiger partial charge in [0.15, 0.2) is 0 Å². The number of aryl methyl sites for hydroxylation is 1. The molecule has 0 spiro atoms. The second kappa shape index (κ2) is 5.23. The topological polar surface area (TPSA) is 24.9 Å². The summed E-state index contributed by atoms with van der Waals surface area (Å²) in [5.41, 5.74) is 2.58. The second-order valence-electron chi connectivity index (χ2n) is 5.18. The SMILES string of the molecule is Cc1csc(CNC2(c3ccc(Cl)cc3)CCC2)n1. The second-order valence-corrected chi connectivity index (χ2v) is 6.56. The number of rotatable bonds is 4. The molecule has 0 saturated heterocycles. The highest BCUT2D eigenvalue weighted by molar-refractivity contribution is 7.09. The number of halogens is 1. The van der Waals surface area contributed by atoms with Crippen molar-refractivity contribution in [2.45, 2.75) is 38.3 Å². The zero-order chi connectivity index (χ0) is 13.3. The molecule has 0 bridgehead atoms. The molecule has 0 unspecified atom stereocenters. The predicted molar refractivity (Wildman–Crippen MR) is 80.7 cm³/mol. The largest absolute Gasteiger partial charge is 0.301 e. The van der Waals surface area contributed by atoms with Crippen molar-refractivity contribution in [3.8, 4) is 0 Å². The van der Waals surface area contributed by atoms with Gasteiger partial charge in [0.2, 0.25) is 0 Å². The van der Waals surface area contributed by atoms with Gasteiger partial charge in [-0.1, -0.05) is 23.7 Å². The Morgan fingerprint density at radius 3 is 2.58 bits per heavy atom. The first-order chi connectivity index (χ1) is 9.18. The Bertz CT molecular complexity index is 558. The summed E-state index contributed by atoms with van der Waals surface area (Å²) in [4.78, 5) is 4.51.